The number of aryl methyl sites for hydroxylation is 1. The van der Waals surface area contributed by atoms with E-state index in [2.05, 4.69) is 0 Å². The van der Waals surface area contributed by atoms with Gasteiger partial charge in [-0.05, 0) is 49.6 Å². The highest BCUT2D eigenvalue weighted by atomic mass is 16.7. The highest BCUT2D eigenvalue weighted by molar-refractivity contribution is 5.90. The molecule has 0 unspecified atom stereocenters. The first-order valence-corrected chi connectivity index (χ1v) is 14.8. The summed E-state index contributed by atoms with van der Waals surface area (Å²) in [6.07, 6.45) is 0.317. The Morgan fingerprint density at radius 1 is 1.07 bits per heavy atom. The van der Waals surface area contributed by atoms with E-state index in [1.807, 2.05) is 25.0 Å². The molecule has 2 aromatic heterocycles. The molecule has 3 aliphatic heterocycles. The lowest BCUT2D eigenvalue weighted by atomic mass is 9.86. The summed E-state index contributed by atoms with van der Waals surface area (Å²) in [6, 6.07) is 7.06. The molecule has 1 N–H and O–H groups in total. The summed E-state index contributed by atoms with van der Waals surface area (Å²) >= 11 is 0. The number of aliphatic hydroxyl groups is 1. The van der Waals surface area contributed by atoms with Gasteiger partial charge in [-0.25, -0.2) is 14.6 Å². The van der Waals surface area contributed by atoms with Crippen molar-refractivity contribution in [2.45, 2.75) is 52.4 Å². The molecule has 1 fully saturated rings. The first-order valence-electron chi connectivity index (χ1n) is 14.8. The number of pyridine rings is 2. The van der Waals surface area contributed by atoms with Gasteiger partial charge >= 0.3 is 12.1 Å². The number of benzene rings is 1. The molecule has 0 spiro atoms. The van der Waals surface area contributed by atoms with E-state index < -0.39 is 17.7 Å². The molecule has 3 aromatic rings. The maximum absolute atomic E-state index is 13.6. The van der Waals surface area contributed by atoms with Crippen molar-refractivity contribution in [3.63, 3.8) is 0 Å². The first-order chi connectivity index (χ1) is 20.8. The number of hydrogen-bond donors (Lipinski definition) is 1. The van der Waals surface area contributed by atoms with Crippen molar-refractivity contribution in [3.8, 4) is 17.1 Å². The van der Waals surface area contributed by atoms with Gasteiger partial charge in [0.05, 0.1) is 42.2 Å². The molecule has 1 saturated heterocycles. The van der Waals surface area contributed by atoms with Crippen LogP contribution < -0.4 is 10.3 Å². The van der Waals surface area contributed by atoms with E-state index in [1.165, 1.54) is 0 Å². The van der Waals surface area contributed by atoms with Crippen LogP contribution in [0.4, 0.5) is 4.79 Å². The maximum Gasteiger partial charge on any atom is 0.415 e. The van der Waals surface area contributed by atoms with Gasteiger partial charge in [-0.1, -0.05) is 13.8 Å². The average molecular weight is 593 g/mol. The van der Waals surface area contributed by atoms with Crippen molar-refractivity contribution < 1.29 is 33.7 Å². The molecule has 1 atom stereocenters. The molecule has 0 aliphatic carbocycles. The van der Waals surface area contributed by atoms with Crippen molar-refractivity contribution in [1.82, 2.24) is 19.5 Å². The Bertz CT molecular complexity index is 1650. The quantitative estimate of drug-likeness (QED) is 0.241. The van der Waals surface area contributed by atoms with Crippen LogP contribution in [0.15, 0.2) is 29.1 Å². The summed E-state index contributed by atoms with van der Waals surface area (Å²) in [5.74, 6) is -0.336. The predicted molar refractivity (Wildman–Crippen MR) is 156 cm³/mol. The largest absolute Gasteiger partial charge is 0.458 e. The minimum absolute atomic E-state index is 0.0827. The third-order valence-corrected chi connectivity index (χ3v) is 8.54. The second kappa shape index (κ2) is 11.7. The van der Waals surface area contributed by atoms with Crippen molar-refractivity contribution >= 4 is 23.0 Å². The second-order valence-electron chi connectivity index (χ2n) is 10.9. The van der Waals surface area contributed by atoms with Gasteiger partial charge in [0.2, 0.25) is 0 Å². The molecule has 228 valence electrons. The number of piperazine rings is 1. The van der Waals surface area contributed by atoms with Crippen LogP contribution in [0.5, 0.6) is 5.75 Å². The molecule has 0 saturated carbocycles. The highest BCUT2D eigenvalue weighted by Crippen LogP contribution is 2.40. The summed E-state index contributed by atoms with van der Waals surface area (Å²) in [7, 11) is 0. The monoisotopic (exact) mass is 592 g/mol. The van der Waals surface area contributed by atoms with Crippen LogP contribution >= 0.6 is 0 Å². The fourth-order valence-electron chi connectivity index (χ4n) is 6.14. The van der Waals surface area contributed by atoms with Crippen LogP contribution in [0.3, 0.4) is 0 Å². The molecule has 0 radical (unpaired) electrons. The first kappa shape index (κ1) is 29.2. The maximum atomic E-state index is 13.6. The molecule has 12 nitrogen and oxygen atoms in total. The zero-order chi connectivity index (χ0) is 30.3. The molecule has 3 aliphatic rings. The van der Waals surface area contributed by atoms with Gasteiger partial charge in [0.25, 0.3) is 5.56 Å². The Kier molecular flexibility index (Phi) is 7.94. The van der Waals surface area contributed by atoms with Gasteiger partial charge in [-0.3, -0.25) is 9.63 Å². The lowest BCUT2D eigenvalue weighted by molar-refractivity contribution is -0.182. The zero-order valence-electron chi connectivity index (χ0n) is 24.7. The van der Waals surface area contributed by atoms with E-state index in [-0.39, 0.29) is 29.7 Å². The number of aromatic nitrogens is 2. The van der Waals surface area contributed by atoms with Crippen LogP contribution in [0.1, 0.15) is 49.4 Å². The molecular formula is C31H36N4O8. The van der Waals surface area contributed by atoms with Crippen molar-refractivity contribution in [2.24, 2.45) is 0 Å². The van der Waals surface area contributed by atoms with Gasteiger partial charge in [-0.2, -0.15) is 5.06 Å². The van der Waals surface area contributed by atoms with E-state index >= 15 is 0 Å². The second-order valence-corrected chi connectivity index (χ2v) is 10.9. The van der Waals surface area contributed by atoms with E-state index in [1.54, 1.807) is 34.6 Å². The van der Waals surface area contributed by atoms with Gasteiger partial charge in [0.15, 0.2) is 5.60 Å². The Labute approximate surface area is 248 Å². The number of nitrogens with zero attached hydrogens (tertiary/aromatic N) is 4. The summed E-state index contributed by atoms with van der Waals surface area (Å²) < 4.78 is 17.9. The molecule has 6 rings (SSSR count). The molecule has 12 heteroatoms. The van der Waals surface area contributed by atoms with Gasteiger partial charge in [0.1, 0.15) is 12.4 Å². The van der Waals surface area contributed by atoms with Crippen LogP contribution in [0.2, 0.25) is 0 Å². The van der Waals surface area contributed by atoms with Crippen molar-refractivity contribution in [2.75, 3.05) is 46.0 Å². The molecular weight excluding hydrogens is 556 g/mol. The van der Waals surface area contributed by atoms with Gasteiger partial charge < -0.3 is 28.8 Å². The van der Waals surface area contributed by atoms with E-state index in [0.29, 0.717) is 81.6 Å². The average Bonchev–Trinajstić information content (AvgIpc) is 3.39. The van der Waals surface area contributed by atoms with E-state index in [9.17, 15) is 19.5 Å². The number of rotatable bonds is 8. The summed E-state index contributed by atoms with van der Waals surface area (Å²) in [6.45, 7) is 9.56. The lowest BCUT2D eigenvalue weighted by Gasteiger charge is -2.33. The Hall–Kier alpha value is -3.84. The number of hydrogen-bond acceptors (Lipinski definition) is 10. The molecule has 5 heterocycles. The number of hydroxylamine groups is 2. The number of carbonyl (C=O) groups excluding carboxylic acids is 2. The summed E-state index contributed by atoms with van der Waals surface area (Å²) in [5, 5.41) is 13.8. The fourth-order valence-corrected chi connectivity index (χ4v) is 6.14. The minimum Gasteiger partial charge on any atom is -0.458 e. The van der Waals surface area contributed by atoms with E-state index in [4.69, 9.17) is 24.0 Å². The number of ether oxygens (including phenoxy) is 3. The summed E-state index contributed by atoms with van der Waals surface area (Å²) in [5.41, 5.74) is 2.19. The van der Waals surface area contributed by atoms with Crippen LogP contribution in [0.25, 0.3) is 22.3 Å². The number of amides is 1. The summed E-state index contributed by atoms with van der Waals surface area (Å²) in [4.78, 5) is 51.3. The van der Waals surface area contributed by atoms with Crippen molar-refractivity contribution in [1.29, 1.82) is 0 Å². The Morgan fingerprint density at radius 3 is 2.58 bits per heavy atom. The molecule has 43 heavy (non-hydrogen) atoms. The predicted octanol–water partition coefficient (Wildman–Crippen LogP) is 2.73. The van der Waals surface area contributed by atoms with Crippen molar-refractivity contribution in [3.05, 3.63) is 56.9 Å². The van der Waals surface area contributed by atoms with E-state index in [0.717, 1.165) is 16.5 Å². The standard InChI is InChI=1S/C31H36N4O8/c1-4-20-21-15-19(43-30(38)33-9-11-34(12-10-33)42-14-13-40-6-3)7-8-25(21)32-27-22(20)17-35-26(27)16-24-23(28(35)36)18-41-29(37)31(24,39)5-2/h7-8,15-16,39H,4-6,9-14,17-18H2,1-3H3/t31-/m0/s1. The molecule has 1 amide bonds. The smallest absolute Gasteiger partial charge is 0.415 e. The zero-order valence-corrected chi connectivity index (χ0v) is 24.7. The number of fused-ring (bicyclic) bond motifs is 5. The normalized spacial score (nSPS) is 19.6. The Morgan fingerprint density at radius 2 is 1.86 bits per heavy atom. The topological polar surface area (TPSA) is 133 Å². The van der Waals surface area contributed by atoms with Gasteiger partial charge in [0, 0.05) is 49.3 Å². The fraction of sp³-hybridized carbons (Fsp3) is 0.484. The number of esters is 1. The highest BCUT2D eigenvalue weighted by Gasteiger charge is 2.45. The number of cyclic esters (lactones) is 1. The molecule has 0 bridgehead atoms. The van der Waals surface area contributed by atoms with Gasteiger partial charge in [-0.15, -0.1) is 0 Å². The third-order valence-electron chi connectivity index (χ3n) is 8.54. The minimum atomic E-state index is -1.88. The number of carbonyl (C=O) groups is 2. The Balaban J connectivity index is 1.25. The SMILES string of the molecule is CCOCCON1CCN(C(=O)Oc2ccc3nc4c(c(CC)c3c2)Cn2c-4cc3c(c2=O)COC(=O)[C@]3(O)CC)CC1. The lowest BCUT2D eigenvalue weighted by Crippen LogP contribution is -2.49. The molecule has 1 aromatic carbocycles. The third kappa shape index (κ3) is 5.07. The van der Waals surface area contributed by atoms with Crippen LogP contribution in [-0.2, 0) is 44.3 Å². The van der Waals surface area contributed by atoms with Crippen LogP contribution in [0, 0.1) is 0 Å². The van der Waals surface area contributed by atoms with Crippen LogP contribution in [-0.4, -0.2) is 82.7 Å².